The number of amides is 1. The minimum absolute atomic E-state index is 0.0661. The highest BCUT2D eigenvalue weighted by molar-refractivity contribution is 7.12. The zero-order chi connectivity index (χ0) is 25.0. The number of fused-ring (bicyclic) bond motifs is 1. The van der Waals surface area contributed by atoms with Gasteiger partial charge in [0.2, 0.25) is 5.95 Å². The maximum atomic E-state index is 13.4. The summed E-state index contributed by atoms with van der Waals surface area (Å²) in [4.78, 5) is 28.1. The summed E-state index contributed by atoms with van der Waals surface area (Å²) in [5.41, 5.74) is 2.56. The molecule has 2 saturated carbocycles. The van der Waals surface area contributed by atoms with Crippen LogP contribution in [0.4, 0.5) is 16.2 Å². The summed E-state index contributed by atoms with van der Waals surface area (Å²) in [6, 6.07) is 1.88. The second-order valence-electron chi connectivity index (χ2n) is 10.3. The second kappa shape index (κ2) is 9.10. The van der Waals surface area contributed by atoms with Gasteiger partial charge >= 0.3 is 0 Å². The Morgan fingerprint density at radius 2 is 2.06 bits per heavy atom. The van der Waals surface area contributed by atoms with Crippen LogP contribution in [0, 0.1) is 12.8 Å². The summed E-state index contributed by atoms with van der Waals surface area (Å²) in [5, 5.41) is 19.2. The summed E-state index contributed by atoms with van der Waals surface area (Å²) in [5.74, 6) is 1.65. The third-order valence-electron chi connectivity index (χ3n) is 7.53. The molecule has 0 aromatic carbocycles. The van der Waals surface area contributed by atoms with Crippen LogP contribution in [0.2, 0.25) is 0 Å². The van der Waals surface area contributed by atoms with Gasteiger partial charge in [0.1, 0.15) is 24.1 Å². The lowest BCUT2D eigenvalue weighted by molar-refractivity contribution is -0.119. The molecule has 3 heterocycles. The lowest BCUT2D eigenvalue weighted by Crippen LogP contribution is -2.45. The molecule has 0 radical (unpaired) electrons. The predicted molar refractivity (Wildman–Crippen MR) is 133 cm³/mol. The molecule has 11 heteroatoms. The standard InChI is InChI=1S/C25H30FN7O2S/c1-13-7-22(32(2)31-13)29-25-30-27-12-33(25)17-5-6-20-18(10-17)23(24(35)28-16-8-15(26)9-16)21(36-20)11-19(34)14-3-4-14/h7,12,14-17H,3-6,8-11H2,1-2H3,(H,28,35)(H,29,30). The molecule has 3 aliphatic carbocycles. The smallest absolute Gasteiger partial charge is 0.252 e. The Kier molecular flexibility index (Phi) is 5.89. The quantitative estimate of drug-likeness (QED) is 0.479. The molecule has 0 spiro atoms. The van der Waals surface area contributed by atoms with Gasteiger partial charge < -0.3 is 10.6 Å². The number of carbonyl (C=O) groups is 2. The number of alkyl halides is 1. The van der Waals surface area contributed by atoms with Crippen LogP contribution < -0.4 is 10.6 Å². The third-order valence-corrected chi connectivity index (χ3v) is 8.82. The number of nitrogens with one attached hydrogen (secondary N) is 2. The number of hydrogen-bond donors (Lipinski definition) is 2. The van der Waals surface area contributed by atoms with E-state index in [9.17, 15) is 14.0 Å². The van der Waals surface area contributed by atoms with Gasteiger partial charge in [0.25, 0.3) is 5.91 Å². The van der Waals surface area contributed by atoms with Gasteiger partial charge in [-0.3, -0.25) is 18.8 Å². The SMILES string of the molecule is Cc1cc(Nc2nncn2C2CCc3sc(CC(=O)C4CC4)c(C(=O)NC4CC(F)C4)c3C2)n(C)n1. The largest absolute Gasteiger partial charge is 0.349 e. The van der Waals surface area contributed by atoms with Gasteiger partial charge in [-0.05, 0) is 57.4 Å². The number of hydrogen-bond acceptors (Lipinski definition) is 7. The Bertz CT molecular complexity index is 1320. The summed E-state index contributed by atoms with van der Waals surface area (Å²) in [6.45, 7) is 1.94. The van der Waals surface area contributed by atoms with E-state index in [0.29, 0.717) is 37.2 Å². The highest BCUT2D eigenvalue weighted by atomic mass is 32.1. The molecular formula is C25H30FN7O2S. The van der Waals surface area contributed by atoms with Crippen LogP contribution in [-0.2, 0) is 31.1 Å². The Labute approximate surface area is 212 Å². The molecule has 0 bridgehead atoms. The average Bonchev–Trinajstić information content (AvgIpc) is 3.35. The molecule has 1 amide bonds. The first-order chi connectivity index (χ1) is 17.4. The fourth-order valence-corrected chi connectivity index (χ4v) is 6.68. The summed E-state index contributed by atoms with van der Waals surface area (Å²) in [7, 11) is 1.87. The molecule has 9 nitrogen and oxygen atoms in total. The van der Waals surface area contributed by atoms with Crippen LogP contribution in [0.5, 0.6) is 0 Å². The maximum Gasteiger partial charge on any atom is 0.252 e. The number of anilines is 2. The van der Waals surface area contributed by atoms with E-state index in [1.54, 1.807) is 22.3 Å². The van der Waals surface area contributed by atoms with Gasteiger partial charge in [0, 0.05) is 47.3 Å². The van der Waals surface area contributed by atoms with Gasteiger partial charge in [-0.1, -0.05) is 0 Å². The molecule has 0 saturated heterocycles. The van der Waals surface area contributed by atoms with Gasteiger partial charge in [-0.2, -0.15) is 5.10 Å². The minimum Gasteiger partial charge on any atom is -0.349 e. The maximum absolute atomic E-state index is 13.4. The lowest BCUT2D eigenvalue weighted by atomic mass is 9.88. The first-order valence-electron chi connectivity index (χ1n) is 12.6. The summed E-state index contributed by atoms with van der Waals surface area (Å²) < 4.78 is 17.2. The van der Waals surface area contributed by atoms with Crippen LogP contribution in [0.25, 0.3) is 0 Å². The highest BCUT2D eigenvalue weighted by Gasteiger charge is 2.36. The molecule has 36 heavy (non-hydrogen) atoms. The topological polar surface area (TPSA) is 107 Å². The molecule has 2 N–H and O–H groups in total. The molecule has 3 aromatic rings. The third kappa shape index (κ3) is 4.44. The number of aryl methyl sites for hydroxylation is 3. The van der Waals surface area contributed by atoms with E-state index in [0.717, 1.165) is 47.6 Å². The number of rotatable bonds is 8. The Morgan fingerprint density at radius 1 is 1.25 bits per heavy atom. The molecule has 190 valence electrons. The zero-order valence-corrected chi connectivity index (χ0v) is 21.3. The summed E-state index contributed by atoms with van der Waals surface area (Å²) in [6.07, 6.45) is 6.18. The number of thiophene rings is 1. The van der Waals surface area contributed by atoms with Crippen LogP contribution in [0.15, 0.2) is 12.4 Å². The molecule has 3 aliphatic rings. The van der Waals surface area contributed by atoms with E-state index in [1.165, 1.54) is 4.88 Å². The molecule has 1 atom stereocenters. The van der Waals surface area contributed by atoms with Crippen LogP contribution in [-0.4, -0.2) is 48.4 Å². The monoisotopic (exact) mass is 511 g/mol. The minimum atomic E-state index is -0.838. The molecule has 1 unspecified atom stereocenters. The van der Waals surface area contributed by atoms with Gasteiger partial charge in [-0.15, -0.1) is 21.5 Å². The van der Waals surface area contributed by atoms with Gasteiger partial charge in [0.15, 0.2) is 0 Å². The number of ketones is 1. The van der Waals surface area contributed by atoms with Crippen molar-refractivity contribution < 1.29 is 14.0 Å². The van der Waals surface area contributed by atoms with Crippen molar-refractivity contribution in [2.75, 3.05) is 5.32 Å². The highest BCUT2D eigenvalue weighted by Crippen LogP contribution is 2.41. The Hall–Kier alpha value is -3.08. The van der Waals surface area contributed by atoms with Crippen molar-refractivity contribution in [1.29, 1.82) is 0 Å². The average molecular weight is 512 g/mol. The number of aromatic nitrogens is 5. The first-order valence-corrected chi connectivity index (χ1v) is 13.5. The Morgan fingerprint density at radius 3 is 2.75 bits per heavy atom. The van der Waals surface area contributed by atoms with E-state index in [4.69, 9.17) is 0 Å². The number of halogens is 1. The number of nitrogens with zero attached hydrogens (tertiary/aromatic N) is 5. The van der Waals surface area contributed by atoms with E-state index < -0.39 is 6.17 Å². The van der Waals surface area contributed by atoms with E-state index in [1.807, 2.05) is 24.6 Å². The summed E-state index contributed by atoms with van der Waals surface area (Å²) >= 11 is 1.60. The van der Waals surface area contributed by atoms with Crippen molar-refractivity contribution in [1.82, 2.24) is 29.9 Å². The predicted octanol–water partition coefficient (Wildman–Crippen LogP) is 3.61. The molecule has 3 aromatic heterocycles. The second-order valence-corrected chi connectivity index (χ2v) is 11.5. The van der Waals surface area contributed by atoms with E-state index >= 15 is 0 Å². The van der Waals surface area contributed by atoms with Crippen LogP contribution >= 0.6 is 11.3 Å². The van der Waals surface area contributed by atoms with E-state index in [2.05, 4.69) is 25.9 Å². The van der Waals surface area contributed by atoms with Crippen molar-refractivity contribution in [3.05, 3.63) is 39.0 Å². The van der Waals surface area contributed by atoms with Crippen molar-refractivity contribution in [2.24, 2.45) is 13.0 Å². The normalized spacial score (nSPS) is 23.1. The van der Waals surface area contributed by atoms with Crippen molar-refractivity contribution >= 4 is 34.8 Å². The number of carbonyl (C=O) groups excluding carboxylic acids is 2. The van der Waals surface area contributed by atoms with Crippen molar-refractivity contribution in [3.63, 3.8) is 0 Å². The fraction of sp³-hybridized carbons (Fsp3) is 0.560. The fourth-order valence-electron chi connectivity index (χ4n) is 5.32. The van der Waals surface area contributed by atoms with Crippen molar-refractivity contribution in [3.8, 4) is 0 Å². The molecule has 2 fully saturated rings. The molecule has 6 rings (SSSR count). The molecular weight excluding hydrogens is 481 g/mol. The van der Waals surface area contributed by atoms with Crippen LogP contribution in [0.1, 0.15) is 69.5 Å². The zero-order valence-electron chi connectivity index (χ0n) is 20.5. The number of Topliss-reactive ketones (excluding diaryl/α,β-unsaturated/α-hetero) is 1. The van der Waals surface area contributed by atoms with Crippen LogP contribution in [0.3, 0.4) is 0 Å². The Balaban J connectivity index is 1.27. The lowest BCUT2D eigenvalue weighted by Gasteiger charge is -2.31. The van der Waals surface area contributed by atoms with E-state index in [-0.39, 0.29) is 29.7 Å². The van der Waals surface area contributed by atoms with Crippen molar-refractivity contribution in [2.45, 2.75) is 76.5 Å². The molecule has 0 aliphatic heterocycles. The first kappa shape index (κ1) is 23.3. The van der Waals surface area contributed by atoms with Gasteiger partial charge in [0.05, 0.1) is 11.3 Å². The van der Waals surface area contributed by atoms with Gasteiger partial charge in [-0.25, -0.2) is 4.39 Å².